The van der Waals surface area contributed by atoms with Gasteiger partial charge < -0.3 is 15.6 Å². The Kier molecular flexibility index (Phi) is 7.45. The maximum absolute atomic E-state index is 12.0. The summed E-state index contributed by atoms with van der Waals surface area (Å²) in [6, 6.07) is -1.06. The number of aliphatic hydroxyl groups excluding tert-OH is 1. The summed E-state index contributed by atoms with van der Waals surface area (Å²) >= 11 is 0. The lowest BCUT2D eigenvalue weighted by atomic mass is 10.2. The van der Waals surface area contributed by atoms with Crippen LogP contribution >= 0.6 is 0 Å². The van der Waals surface area contributed by atoms with Crippen molar-refractivity contribution in [3.8, 4) is 0 Å². The van der Waals surface area contributed by atoms with E-state index >= 15 is 0 Å². The molecule has 0 bridgehead atoms. The maximum atomic E-state index is 12.0. The van der Waals surface area contributed by atoms with E-state index in [0.29, 0.717) is 0 Å². The number of rotatable bonds is 8. The zero-order valence-corrected chi connectivity index (χ0v) is 11.8. The van der Waals surface area contributed by atoms with Crippen LogP contribution in [0.15, 0.2) is 0 Å². The maximum Gasteiger partial charge on any atom is 0.414 e. The molecule has 10 heteroatoms. The molecule has 0 rings (SSSR count). The predicted molar refractivity (Wildman–Crippen MR) is 66.5 cm³/mol. The van der Waals surface area contributed by atoms with E-state index in [4.69, 9.17) is 15.6 Å². The first-order valence-corrected chi connectivity index (χ1v) is 7.80. The molecule has 0 aromatic heterocycles. The van der Waals surface area contributed by atoms with Crippen molar-refractivity contribution in [1.29, 1.82) is 4.78 Å². The van der Waals surface area contributed by atoms with Gasteiger partial charge in [-0.1, -0.05) is 0 Å². The highest BCUT2D eigenvalue weighted by molar-refractivity contribution is 7.92. The Bertz CT molecular complexity index is 411. The van der Waals surface area contributed by atoms with Crippen LogP contribution in [0.25, 0.3) is 0 Å². The van der Waals surface area contributed by atoms with E-state index in [2.05, 4.69) is 4.74 Å². The fourth-order valence-corrected chi connectivity index (χ4v) is 2.70. The van der Waals surface area contributed by atoms with Gasteiger partial charge in [0, 0.05) is 21.2 Å². The molecule has 120 valence electrons. The van der Waals surface area contributed by atoms with E-state index in [1.165, 1.54) is 0 Å². The fraction of sp³-hybridized carbons (Fsp3) is 0.900. The minimum atomic E-state index is -4.79. The van der Waals surface area contributed by atoms with Gasteiger partial charge in [-0.2, -0.15) is 13.2 Å². The number of alkyl halides is 3. The van der Waals surface area contributed by atoms with Crippen LogP contribution in [0.1, 0.15) is 19.8 Å². The number of hydrogen-bond acceptors (Lipinski definition) is 6. The van der Waals surface area contributed by atoms with Crippen LogP contribution < -0.4 is 5.73 Å². The average molecular weight is 320 g/mol. The van der Waals surface area contributed by atoms with Crippen molar-refractivity contribution in [2.24, 2.45) is 5.73 Å². The van der Waals surface area contributed by atoms with Crippen LogP contribution in [0.3, 0.4) is 0 Å². The second kappa shape index (κ2) is 7.79. The Morgan fingerprint density at radius 2 is 1.90 bits per heavy atom. The van der Waals surface area contributed by atoms with Gasteiger partial charge >= 0.3 is 12.1 Å². The molecule has 0 aliphatic rings. The standard InChI is InChI=1S/C10H19F3N2O4S/c1-2-19-9(17)7(14)3-5-20(15,18)6-4-8(16)10(11,12)13/h7-8,15-16H,2-6,14H2,1H3/t7-,8?,20?/m0/s1. The number of nitrogens with two attached hydrogens (primary N) is 1. The summed E-state index contributed by atoms with van der Waals surface area (Å²) in [5.41, 5.74) is 5.42. The van der Waals surface area contributed by atoms with Gasteiger partial charge in [0.1, 0.15) is 6.04 Å². The van der Waals surface area contributed by atoms with Crippen LogP contribution in [-0.2, 0) is 19.3 Å². The molecule has 0 aliphatic heterocycles. The summed E-state index contributed by atoms with van der Waals surface area (Å²) in [6.07, 6.45) is -8.34. The molecule has 0 aliphatic carbocycles. The number of ether oxygens (including phenoxy) is 1. The highest BCUT2D eigenvalue weighted by Gasteiger charge is 2.38. The summed E-state index contributed by atoms with van der Waals surface area (Å²) in [7, 11) is -3.33. The van der Waals surface area contributed by atoms with E-state index in [-0.39, 0.29) is 18.8 Å². The first-order chi connectivity index (χ1) is 8.99. The van der Waals surface area contributed by atoms with Crippen LogP contribution in [0, 0.1) is 4.78 Å². The quantitative estimate of drug-likeness (QED) is 0.568. The lowest BCUT2D eigenvalue weighted by molar-refractivity contribution is -0.203. The van der Waals surface area contributed by atoms with E-state index in [1.807, 2.05) is 0 Å². The number of esters is 1. The Hall–Kier alpha value is -0.870. The first-order valence-electron chi connectivity index (χ1n) is 5.90. The van der Waals surface area contributed by atoms with E-state index in [1.54, 1.807) is 6.92 Å². The molecule has 0 fully saturated rings. The van der Waals surface area contributed by atoms with Crippen molar-refractivity contribution in [2.75, 3.05) is 18.1 Å². The zero-order valence-electron chi connectivity index (χ0n) is 11.0. The molecule has 6 nitrogen and oxygen atoms in total. The molecule has 2 unspecified atom stereocenters. The van der Waals surface area contributed by atoms with Crippen molar-refractivity contribution in [1.82, 2.24) is 0 Å². The molecule has 0 radical (unpaired) electrons. The van der Waals surface area contributed by atoms with Crippen LogP contribution in [-0.4, -0.2) is 51.7 Å². The molecule has 0 heterocycles. The highest BCUT2D eigenvalue weighted by atomic mass is 32.2. The third-order valence-electron chi connectivity index (χ3n) is 2.45. The third-order valence-corrected chi connectivity index (χ3v) is 4.24. The van der Waals surface area contributed by atoms with Crippen LogP contribution in [0.5, 0.6) is 0 Å². The molecule has 3 atom stereocenters. The van der Waals surface area contributed by atoms with Gasteiger partial charge in [-0.3, -0.25) is 9.57 Å². The number of aliphatic hydroxyl groups is 1. The number of carbonyl (C=O) groups is 1. The van der Waals surface area contributed by atoms with Crippen molar-refractivity contribution in [3.05, 3.63) is 0 Å². The fourth-order valence-electron chi connectivity index (χ4n) is 1.25. The molecule has 0 spiro atoms. The lowest BCUT2D eigenvalue weighted by Gasteiger charge is -2.16. The van der Waals surface area contributed by atoms with Gasteiger partial charge in [-0.15, -0.1) is 0 Å². The molecule has 0 aromatic rings. The van der Waals surface area contributed by atoms with Crippen LogP contribution in [0.4, 0.5) is 13.2 Å². The topological polar surface area (TPSA) is 113 Å². The lowest BCUT2D eigenvalue weighted by Crippen LogP contribution is -2.35. The summed E-state index contributed by atoms with van der Waals surface area (Å²) in [5, 5.41) is 8.75. The van der Waals surface area contributed by atoms with Crippen molar-refractivity contribution < 1.29 is 32.0 Å². The zero-order chi connectivity index (χ0) is 16.0. The number of carbonyl (C=O) groups excluding carboxylic acids is 1. The number of halogens is 3. The largest absolute Gasteiger partial charge is 0.465 e. The highest BCUT2D eigenvalue weighted by Crippen LogP contribution is 2.22. The molecular weight excluding hydrogens is 301 g/mol. The minimum Gasteiger partial charge on any atom is -0.465 e. The second-order valence-corrected chi connectivity index (χ2v) is 6.65. The van der Waals surface area contributed by atoms with E-state index in [0.717, 1.165) is 0 Å². The van der Waals surface area contributed by atoms with Crippen LogP contribution in [0.2, 0.25) is 0 Å². The molecular formula is C10H19F3N2O4S. The minimum absolute atomic E-state index is 0.122. The molecule has 4 N–H and O–H groups in total. The Labute approximate surface area is 115 Å². The molecule has 0 saturated heterocycles. The van der Waals surface area contributed by atoms with Gasteiger partial charge in [0.15, 0.2) is 6.10 Å². The van der Waals surface area contributed by atoms with Gasteiger partial charge in [-0.05, 0) is 19.8 Å². The van der Waals surface area contributed by atoms with Gasteiger partial charge in [0.2, 0.25) is 0 Å². The van der Waals surface area contributed by atoms with E-state index < -0.39 is 46.2 Å². The third kappa shape index (κ3) is 7.65. The summed E-state index contributed by atoms with van der Waals surface area (Å²) in [6.45, 7) is 1.71. The van der Waals surface area contributed by atoms with Gasteiger partial charge in [0.05, 0.1) is 6.61 Å². The summed E-state index contributed by atoms with van der Waals surface area (Å²) in [4.78, 5) is 11.2. The first kappa shape index (κ1) is 19.1. The second-order valence-electron chi connectivity index (χ2n) is 4.21. The number of hydrogen-bond donors (Lipinski definition) is 3. The Morgan fingerprint density at radius 3 is 2.35 bits per heavy atom. The van der Waals surface area contributed by atoms with E-state index in [9.17, 15) is 22.2 Å². The van der Waals surface area contributed by atoms with Crippen molar-refractivity contribution in [3.63, 3.8) is 0 Å². The summed E-state index contributed by atoms with van der Waals surface area (Å²) in [5.74, 6) is -1.64. The Morgan fingerprint density at radius 1 is 1.40 bits per heavy atom. The molecule has 0 saturated carbocycles. The monoisotopic (exact) mass is 320 g/mol. The number of nitrogens with one attached hydrogen (secondary N) is 1. The van der Waals surface area contributed by atoms with Crippen molar-refractivity contribution in [2.45, 2.75) is 38.1 Å². The molecule has 20 heavy (non-hydrogen) atoms. The average Bonchev–Trinajstić information content (AvgIpc) is 2.32. The van der Waals surface area contributed by atoms with Gasteiger partial charge in [0.25, 0.3) is 0 Å². The SMILES string of the molecule is CCOC(=O)[C@@H](N)CCS(=N)(=O)CCC(O)C(F)(F)F. The molecule has 0 amide bonds. The van der Waals surface area contributed by atoms with Gasteiger partial charge in [-0.25, -0.2) is 4.21 Å². The normalized spacial score (nSPS) is 18.1. The van der Waals surface area contributed by atoms with Crippen molar-refractivity contribution >= 4 is 15.7 Å². The summed E-state index contributed by atoms with van der Waals surface area (Å²) < 4.78 is 59.8. The smallest absolute Gasteiger partial charge is 0.414 e. The molecule has 0 aromatic carbocycles. The predicted octanol–water partition coefficient (Wildman–Crippen LogP) is 0.627. The Balaban J connectivity index is 4.24.